The molecule has 0 unspecified atom stereocenters. The fraction of sp³-hybridized carbons (Fsp3) is 0.333. The maximum absolute atomic E-state index is 14.6. The van der Waals surface area contributed by atoms with E-state index in [1.54, 1.807) is 42.5 Å². The molecule has 37 heavy (non-hydrogen) atoms. The van der Waals surface area contributed by atoms with E-state index >= 15 is 0 Å². The Morgan fingerprint density at radius 1 is 1.00 bits per heavy atom. The summed E-state index contributed by atoms with van der Waals surface area (Å²) in [4.78, 5) is 28.5. The summed E-state index contributed by atoms with van der Waals surface area (Å²) in [5.74, 6) is -0.231. The van der Waals surface area contributed by atoms with Gasteiger partial charge in [-0.1, -0.05) is 67.1 Å². The maximum Gasteiger partial charge on any atom is 0.243 e. The van der Waals surface area contributed by atoms with Crippen LogP contribution in [0, 0.1) is 5.82 Å². The van der Waals surface area contributed by atoms with E-state index in [-0.39, 0.29) is 30.8 Å². The van der Waals surface area contributed by atoms with E-state index in [1.807, 2.05) is 44.2 Å². The number of benzene rings is 3. The van der Waals surface area contributed by atoms with Crippen molar-refractivity contribution < 1.29 is 18.7 Å². The number of nitrogens with one attached hydrogen (secondary N) is 1. The number of amides is 2. The fourth-order valence-electron chi connectivity index (χ4n) is 3.89. The lowest BCUT2D eigenvalue weighted by atomic mass is 10.0. The Morgan fingerprint density at radius 2 is 1.68 bits per heavy atom. The zero-order valence-electron chi connectivity index (χ0n) is 21.3. The van der Waals surface area contributed by atoms with Crippen LogP contribution in [0.5, 0.6) is 5.75 Å². The largest absolute Gasteiger partial charge is 0.494 e. The highest BCUT2D eigenvalue weighted by molar-refractivity contribution is 6.30. The van der Waals surface area contributed by atoms with Gasteiger partial charge in [0, 0.05) is 36.0 Å². The number of hydrogen-bond donors (Lipinski definition) is 1. The Kier molecular flexibility index (Phi) is 11.0. The van der Waals surface area contributed by atoms with Gasteiger partial charge in [-0.2, -0.15) is 0 Å². The molecule has 0 saturated carbocycles. The average molecular weight is 525 g/mol. The lowest BCUT2D eigenvalue weighted by Gasteiger charge is -2.32. The van der Waals surface area contributed by atoms with Gasteiger partial charge in [-0.05, 0) is 55.7 Å². The zero-order valence-corrected chi connectivity index (χ0v) is 22.1. The highest BCUT2D eigenvalue weighted by atomic mass is 35.5. The van der Waals surface area contributed by atoms with E-state index in [0.717, 1.165) is 12.0 Å². The minimum atomic E-state index is -0.791. The highest BCUT2D eigenvalue weighted by Crippen LogP contribution is 2.19. The minimum absolute atomic E-state index is 0.00499. The second-order valence-corrected chi connectivity index (χ2v) is 9.48. The molecule has 3 aromatic carbocycles. The molecular formula is C30H34ClFN2O3. The molecule has 3 aromatic rings. The topological polar surface area (TPSA) is 58.6 Å². The summed E-state index contributed by atoms with van der Waals surface area (Å²) in [5, 5.41) is 3.63. The number of nitrogens with zero attached hydrogens (tertiary/aromatic N) is 1. The summed E-state index contributed by atoms with van der Waals surface area (Å²) in [5.41, 5.74) is 1.28. The lowest BCUT2D eigenvalue weighted by molar-refractivity contribution is -0.141. The van der Waals surface area contributed by atoms with Crippen molar-refractivity contribution in [2.45, 2.75) is 58.2 Å². The van der Waals surface area contributed by atoms with E-state index in [9.17, 15) is 14.0 Å². The third kappa shape index (κ3) is 8.90. The summed E-state index contributed by atoms with van der Waals surface area (Å²) >= 11 is 5.92. The second kappa shape index (κ2) is 14.4. The molecule has 2 amide bonds. The first kappa shape index (κ1) is 28.2. The molecule has 2 atom stereocenters. The Morgan fingerprint density at radius 3 is 2.35 bits per heavy atom. The molecule has 0 spiro atoms. The van der Waals surface area contributed by atoms with Gasteiger partial charge in [0.1, 0.15) is 17.6 Å². The van der Waals surface area contributed by atoms with Gasteiger partial charge in [0.15, 0.2) is 0 Å². The van der Waals surface area contributed by atoms with Crippen LogP contribution in [0.25, 0.3) is 0 Å². The van der Waals surface area contributed by atoms with Crippen molar-refractivity contribution in [3.05, 3.63) is 101 Å². The summed E-state index contributed by atoms with van der Waals surface area (Å²) in [6.45, 7) is 4.23. The van der Waals surface area contributed by atoms with Crippen molar-refractivity contribution in [2.75, 3.05) is 6.61 Å². The Balaban J connectivity index is 1.80. The van der Waals surface area contributed by atoms with Gasteiger partial charge in [-0.3, -0.25) is 9.59 Å². The molecular weight excluding hydrogens is 491 g/mol. The molecule has 3 rings (SSSR count). The number of carbonyl (C=O) groups is 2. The van der Waals surface area contributed by atoms with Gasteiger partial charge < -0.3 is 15.0 Å². The Bertz CT molecular complexity index is 1140. The van der Waals surface area contributed by atoms with Crippen molar-refractivity contribution >= 4 is 23.4 Å². The monoisotopic (exact) mass is 524 g/mol. The van der Waals surface area contributed by atoms with Crippen LogP contribution in [-0.2, 0) is 22.6 Å². The van der Waals surface area contributed by atoms with Crippen molar-refractivity contribution in [1.29, 1.82) is 0 Å². The standard InChI is InChI=1S/C30H34ClFN2O3/c1-3-22(2)33-30(36)28(20-23-10-5-4-6-11-23)34(21-24-12-7-8-13-27(24)32)29(35)14-9-19-37-26-17-15-25(31)16-18-26/h4-8,10-13,15-18,22,28H,3,9,14,19-21H2,1-2H3,(H,33,36)/t22-,28+/m0/s1. The first-order chi connectivity index (χ1) is 17.9. The van der Waals surface area contributed by atoms with Gasteiger partial charge in [0.05, 0.1) is 6.61 Å². The van der Waals surface area contributed by atoms with Crippen LogP contribution in [0.15, 0.2) is 78.9 Å². The van der Waals surface area contributed by atoms with Crippen molar-refractivity contribution in [1.82, 2.24) is 10.2 Å². The number of hydrogen-bond acceptors (Lipinski definition) is 3. The summed E-state index contributed by atoms with van der Waals surface area (Å²) in [7, 11) is 0. The molecule has 7 heteroatoms. The number of ether oxygens (including phenoxy) is 1. The molecule has 0 aromatic heterocycles. The maximum atomic E-state index is 14.6. The summed E-state index contributed by atoms with van der Waals surface area (Å²) in [6.07, 6.45) is 1.68. The van der Waals surface area contributed by atoms with Crippen LogP contribution in [0.1, 0.15) is 44.2 Å². The van der Waals surface area contributed by atoms with E-state index < -0.39 is 11.9 Å². The number of rotatable bonds is 13. The summed E-state index contributed by atoms with van der Waals surface area (Å²) < 4.78 is 20.4. The molecule has 0 fully saturated rings. The molecule has 0 aliphatic rings. The van der Waals surface area contributed by atoms with Crippen LogP contribution in [0.3, 0.4) is 0 Å². The molecule has 0 bridgehead atoms. The van der Waals surface area contributed by atoms with E-state index in [0.29, 0.717) is 35.8 Å². The number of halogens is 2. The molecule has 1 N–H and O–H groups in total. The predicted molar refractivity (Wildman–Crippen MR) is 145 cm³/mol. The molecule has 196 valence electrons. The Hall–Kier alpha value is -3.38. The molecule has 0 aliphatic carbocycles. The van der Waals surface area contributed by atoms with Crippen LogP contribution in [0.4, 0.5) is 4.39 Å². The zero-order chi connectivity index (χ0) is 26.6. The van der Waals surface area contributed by atoms with Gasteiger partial charge in [-0.15, -0.1) is 0 Å². The van der Waals surface area contributed by atoms with Crippen LogP contribution in [-0.4, -0.2) is 35.4 Å². The Labute approximate surface area is 223 Å². The lowest BCUT2D eigenvalue weighted by Crippen LogP contribution is -2.52. The molecule has 5 nitrogen and oxygen atoms in total. The normalized spacial score (nSPS) is 12.4. The second-order valence-electron chi connectivity index (χ2n) is 9.04. The molecule has 0 heterocycles. The first-order valence-electron chi connectivity index (χ1n) is 12.6. The van der Waals surface area contributed by atoms with Crippen LogP contribution >= 0.6 is 11.6 Å². The smallest absolute Gasteiger partial charge is 0.243 e. The highest BCUT2D eigenvalue weighted by Gasteiger charge is 2.31. The van der Waals surface area contributed by atoms with Crippen molar-refractivity contribution in [3.63, 3.8) is 0 Å². The van der Waals surface area contributed by atoms with Crippen LogP contribution < -0.4 is 10.1 Å². The quantitative estimate of drug-likeness (QED) is 0.271. The van der Waals surface area contributed by atoms with Crippen molar-refractivity contribution in [2.24, 2.45) is 0 Å². The summed E-state index contributed by atoms with van der Waals surface area (Å²) in [6, 6.07) is 22.1. The average Bonchev–Trinajstić information content (AvgIpc) is 2.91. The SMILES string of the molecule is CC[C@H](C)NC(=O)[C@@H](Cc1ccccc1)N(Cc1ccccc1F)C(=O)CCCOc1ccc(Cl)cc1. The molecule has 0 radical (unpaired) electrons. The first-order valence-corrected chi connectivity index (χ1v) is 13.0. The number of carbonyl (C=O) groups excluding carboxylic acids is 2. The van der Waals surface area contributed by atoms with E-state index in [1.165, 1.54) is 11.0 Å². The van der Waals surface area contributed by atoms with Crippen molar-refractivity contribution in [3.8, 4) is 5.75 Å². The van der Waals surface area contributed by atoms with E-state index in [4.69, 9.17) is 16.3 Å². The van der Waals surface area contributed by atoms with Gasteiger partial charge >= 0.3 is 0 Å². The minimum Gasteiger partial charge on any atom is -0.494 e. The van der Waals surface area contributed by atoms with Gasteiger partial charge in [0.2, 0.25) is 11.8 Å². The molecule has 0 aliphatic heterocycles. The third-order valence-corrected chi connectivity index (χ3v) is 6.44. The van der Waals surface area contributed by atoms with Gasteiger partial charge in [-0.25, -0.2) is 4.39 Å². The van der Waals surface area contributed by atoms with E-state index in [2.05, 4.69) is 5.32 Å². The van der Waals surface area contributed by atoms with Crippen LogP contribution in [0.2, 0.25) is 5.02 Å². The predicted octanol–water partition coefficient (Wildman–Crippen LogP) is 6.19. The molecule has 0 saturated heterocycles. The fourth-order valence-corrected chi connectivity index (χ4v) is 4.02. The third-order valence-electron chi connectivity index (χ3n) is 6.19. The van der Waals surface area contributed by atoms with Gasteiger partial charge in [0.25, 0.3) is 0 Å².